The molecule has 1 heterocycles. The Morgan fingerprint density at radius 3 is 2.65 bits per heavy atom. The Labute approximate surface area is 97.2 Å². The molecule has 7 nitrogen and oxygen atoms in total. The normalized spacial score (nSPS) is 10.2. The number of benzene rings is 1. The molecule has 1 aromatic heterocycles. The largest absolute Gasteiger partial charge is 0.379 e. The first-order valence-electron chi connectivity index (χ1n) is 4.98. The summed E-state index contributed by atoms with van der Waals surface area (Å²) in [6, 6.07) is 6.24. The van der Waals surface area contributed by atoms with Crippen molar-refractivity contribution in [2.24, 2.45) is 7.05 Å². The summed E-state index contributed by atoms with van der Waals surface area (Å²) in [6.45, 7) is 0.533. The Bertz CT molecular complexity index is 520. The van der Waals surface area contributed by atoms with Crippen LogP contribution in [0.5, 0.6) is 0 Å². The number of hydrogen-bond donors (Lipinski definition) is 1. The van der Waals surface area contributed by atoms with Crippen molar-refractivity contribution in [3.63, 3.8) is 0 Å². The van der Waals surface area contributed by atoms with E-state index in [0.717, 1.165) is 11.4 Å². The molecule has 1 N–H and O–H groups in total. The van der Waals surface area contributed by atoms with Crippen LogP contribution in [-0.4, -0.2) is 19.9 Å². The number of non-ortho nitro benzene ring substituents is 1. The highest BCUT2D eigenvalue weighted by Crippen LogP contribution is 2.15. The van der Waals surface area contributed by atoms with E-state index in [1.807, 2.05) is 0 Å². The quantitative estimate of drug-likeness (QED) is 0.636. The molecule has 7 heteroatoms. The third kappa shape index (κ3) is 2.77. The highest BCUT2D eigenvalue weighted by molar-refractivity contribution is 5.48. The molecule has 0 bridgehead atoms. The van der Waals surface area contributed by atoms with Gasteiger partial charge in [-0.1, -0.05) is 5.21 Å². The molecule has 0 saturated heterocycles. The van der Waals surface area contributed by atoms with Gasteiger partial charge in [-0.2, -0.15) is 0 Å². The van der Waals surface area contributed by atoms with Crippen molar-refractivity contribution in [1.82, 2.24) is 15.0 Å². The van der Waals surface area contributed by atoms with Crippen molar-refractivity contribution in [3.05, 3.63) is 46.3 Å². The summed E-state index contributed by atoms with van der Waals surface area (Å²) in [5, 5.41) is 21.3. The van der Waals surface area contributed by atoms with Crippen LogP contribution in [-0.2, 0) is 13.6 Å². The summed E-state index contributed by atoms with van der Waals surface area (Å²) in [7, 11) is 1.79. The Hall–Kier alpha value is -2.44. The maximum absolute atomic E-state index is 10.5. The van der Waals surface area contributed by atoms with Gasteiger partial charge >= 0.3 is 0 Å². The highest BCUT2D eigenvalue weighted by Gasteiger charge is 2.04. The number of nitrogens with one attached hydrogen (secondary N) is 1. The Kier molecular flexibility index (Phi) is 2.99. The number of nitro groups is 1. The van der Waals surface area contributed by atoms with Crippen LogP contribution in [0, 0.1) is 10.1 Å². The Morgan fingerprint density at radius 1 is 1.41 bits per heavy atom. The van der Waals surface area contributed by atoms with E-state index in [9.17, 15) is 10.1 Å². The van der Waals surface area contributed by atoms with Crippen LogP contribution in [0.1, 0.15) is 5.69 Å². The zero-order chi connectivity index (χ0) is 12.3. The lowest BCUT2D eigenvalue weighted by Gasteiger charge is -2.02. The summed E-state index contributed by atoms with van der Waals surface area (Å²) in [4.78, 5) is 10.0. The smallest absolute Gasteiger partial charge is 0.269 e. The standard InChI is InChI=1S/C10H11N5O2/c1-14-7-9(12-13-14)6-11-8-2-4-10(5-3-8)15(16)17/h2-5,7,11H,6H2,1H3. The molecule has 0 saturated carbocycles. The molecule has 0 aliphatic rings. The zero-order valence-corrected chi connectivity index (χ0v) is 9.20. The molecule has 0 atom stereocenters. The van der Waals surface area contributed by atoms with Crippen LogP contribution in [0.4, 0.5) is 11.4 Å². The van der Waals surface area contributed by atoms with Gasteiger partial charge in [0.2, 0.25) is 0 Å². The van der Waals surface area contributed by atoms with Crippen molar-refractivity contribution < 1.29 is 4.92 Å². The van der Waals surface area contributed by atoms with Gasteiger partial charge in [-0.25, -0.2) is 0 Å². The zero-order valence-electron chi connectivity index (χ0n) is 9.20. The molecular weight excluding hydrogens is 222 g/mol. The third-order valence-electron chi connectivity index (χ3n) is 2.20. The molecule has 17 heavy (non-hydrogen) atoms. The number of nitro benzene ring substituents is 1. The van der Waals surface area contributed by atoms with Gasteiger partial charge < -0.3 is 5.32 Å². The van der Waals surface area contributed by atoms with Crippen LogP contribution >= 0.6 is 0 Å². The minimum atomic E-state index is -0.424. The molecule has 0 aliphatic carbocycles. The lowest BCUT2D eigenvalue weighted by molar-refractivity contribution is -0.384. The van der Waals surface area contributed by atoms with Crippen LogP contribution in [0.3, 0.4) is 0 Å². The van der Waals surface area contributed by atoms with E-state index >= 15 is 0 Å². The minimum absolute atomic E-state index is 0.0788. The van der Waals surface area contributed by atoms with Crippen LogP contribution in [0.15, 0.2) is 30.5 Å². The van der Waals surface area contributed by atoms with Crippen molar-refractivity contribution in [2.45, 2.75) is 6.54 Å². The number of anilines is 1. The first-order chi connectivity index (χ1) is 8.15. The van der Waals surface area contributed by atoms with Crippen molar-refractivity contribution in [3.8, 4) is 0 Å². The molecule has 88 valence electrons. The Morgan fingerprint density at radius 2 is 2.12 bits per heavy atom. The van der Waals surface area contributed by atoms with E-state index in [1.165, 1.54) is 12.1 Å². The predicted molar refractivity (Wildman–Crippen MR) is 61.4 cm³/mol. The SMILES string of the molecule is Cn1cc(CNc2ccc([N+](=O)[O-])cc2)nn1. The fraction of sp³-hybridized carbons (Fsp3) is 0.200. The number of aromatic nitrogens is 3. The first-order valence-corrected chi connectivity index (χ1v) is 4.98. The molecule has 0 amide bonds. The molecule has 1 aromatic carbocycles. The highest BCUT2D eigenvalue weighted by atomic mass is 16.6. The van der Waals surface area contributed by atoms with Gasteiger partial charge in [0, 0.05) is 31.1 Å². The van der Waals surface area contributed by atoms with Gasteiger partial charge in [0.15, 0.2) is 0 Å². The number of aryl methyl sites for hydroxylation is 1. The molecule has 0 spiro atoms. The average molecular weight is 233 g/mol. The van der Waals surface area contributed by atoms with Gasteiger partial charge in [0.05, 0.1) is 11.5 Å². The second-order valence-corrected chi connectivity index (χ2v) is 3.54. The average Bonchev–Trinajstić information content (AvgIpc) is 2.73. The van der Waals surface area contributed by atoms with E-state index in [1.54, 1.807) is 30.1 Å². The second kappa shape index (κ2) is 4.60. The van der Waals surface area contributed by atoms with Gasteiger partial charge in [-0.05, 0) is 12.1 Å². The molecule has 0 unspecified atom stereocenters. The second-order valence-electron chi connectivity index (χ2n) is 3.54. The van der Waals surface area contributed by atoms with E-state index < -0.39 is 4.92 Å². The van der Waals surface area contributed by atoms with Crippen molar-refractivity contribution in [2.75, 3.05) is 5.32 Å². The number of hydrogen-bond acceptors (Lipinski definition) is 5. The molecule has 0 aliphatic heterocycles. The van der Waals surface area contributed by atoms with Gasteiger partial charge in [0.25, 0.3) is 5.69 Å². The maximum Gasteiger partial charge on any atom is 0.269 e. The minimum Gasteiger partial charge on any atom is -0.379 e. The van der Waals surface area contributed by atoms with E-state index in [2.05, 4.69) is 15.6 Å². The maximum atomic E-state index is 10.5. The predicted octanol–water partition coefficient (Wildman–Crippen LogP) is 1.34. The fourth-order valence-corrected chi connectivity index (χ4v) is 1.37. The van der Waals surface area contributed by atoms with Crippen LogP contribution in [0.25, 0.3) is 0 Å². The van der Waals surface area contributed by atoms with E-state index in [-0.39, 0.29) is 5.69 Å². The lowest BCUT2D eigenvalue weighted by atomic mass is 10.3. The van der Waals surface area contributed by atoms with Crippen molar-refractivity contribution >= 4 is 11.4 Å². The summed E-state index contributed by atoms with van der Waals surface area (Å²) in [6.07, 6.45) is 1.80. The summed E-state index contributed by atoms with van der Waals surface area (Å²) in [5.74, 6) is 0. The van der Waals surface area contributed by atoms with E-state index in [4.69, 9.17) is 0 Å². The van der Waals surface area contributed by atoms with Crippen LogP contribution in [0.2, 0.25) is 0 Å². The molecular formula is C10H11N5O2. The summed E-state index contributed by atoms with van der Waals surface area (Å²) in [5.41, 5.74) is 1.70. The van der Waals surface area contributed by atoms with Gasteiger partial charge in [-0.15, -0.1) is 5.10 Å². The fourth-order valence-electron chi connectivity index (χ4n) is 1.37. The topological polar surface area (TPSA) is 85.9 Å². The summed E-state index contributed by atoms with van der Waals surface area (Å²) >= 11 is 0. The molecule has 0 fully saturated rings. The number of rotatable bonds is 4. The molecule has 0 radical (unpaired) electrons. The number of nitrogens with zero attached hydrogens (tertiary/aromatic N) is 4. The first kappa shape index (κ1) is 11.1. The monoisotopic (exact) mass is 233 g/mol. The van der Waals surface area contributed by atoms with Gasteiger partial charge in [0.1, 0.15) is 5.69 Å². The van der Waals surface area contributed by atoms with Crippen molar-refractivity contribution in [1.29, 1.82) is 0 Å². The molecule has 2 aromatic rings. The lowest BCUT2D eigenvalue weighted by Crippen LogP contribution is -1.99. The Balaban J connectivity index is 1.97. The van der Waals surface area contributed by atoms with E-state index in [0.29, 0.717) is 6.54 Å². The van der Waals surface area contributed by atoms with Crippen LogP contribution < -0.4 is 5.32 Å². The summed E-state index contributed by atoms with van der Waals surface area (Å²) < 4.78 is 1.62. The van der Waals surface area contributed by atoms with Gasteiger partial charge in [-0.3, -0.25) is 14.8 Å². The molecule has 2 rings (SSSR count). The third-order valence-corrected chi connectivity index (χ3v) is 2.20.